The third kappa shape index (κ3) is 3.79. The van der Waals surface area contributed by atoms with Gasteiger partial charge >= 0.3 is 5.97 Å². The molecule has 1 atom stereocenters. The van der Waals surface area contributed by atoms with Crippen molar-refractivity contribution in [1.29, 1.82) is 0 Å². The van der Waals surface area contributed by atoms with E-state index in [1.807, 2.05) is 0 Å². The number of nitrogens with one attached hydrogen (secondary N) is 1. The number of aliphatic carboxylic acids is 1. The van der Waals surface area contributed by atoms with E-state index in [4.69, 9.17) is 11.6 Å². The van der Waals surface area contributed by atoms with Gasteiger partial charge in [-0.2, -0.15) is 0 Å². The zero-order valence-electron chi connectivity index (χ0n) is 11.0. The van der Waals surface area contributed by atoms with E-state index >= 15 is 0 Å². The maximum atomic E-state index is 12.0. The van der Waals surface area contributed by atoms with E-state index in [0.717, 1.165) is 0 Å². The number of carbonyl (C=O) groups is 2. The number of aromatic nitrogens is 1. The van der Waals surface area contributed by atoms with Gasteiger partial charge in [0.25, 0.3) is 5.91 Å². The van der Waals surface area contributed by atoms with Crippen LogP contribution in [0.4, 0.5) is 0 Å². The maximum Gasteiger partial charge on any atom is 0.312 e. The molecular formula is C15H13ClN2O3. The van der Waals surface area contributed by atoms with Gasteiger partial charge in [-0.15, -0.1) is 0 Å². The average molecular weight is 305 g/mol. The summed E-state index contributed by atoms with van der Waals surface area (Å²) in [5, 5.41) is 12.1. The molecule has 0 fully saturated rings. The molecule has 1 amide bonds. The van der Waals surface area contributed by atoms with Crippen LogP contribution in [0.2, 0.25) is 5.02 Å². The first kappa shape index (κ1) is 15.0. The third-order valence-corrected chi connectivity index (χ3v) is 3.29. The van der Waals surface area contributed by atoms with E-state index in [2.05, 4.69) is 10.3 Å². The topological polar surface area (TPSA) is 79.3 Å². The van der Waals surface area contributed by atoms with Gasteiger partial charge < -0.3 is 10.4 Å². The van der Waals surface area contributed by atoms with Crippen LogP contribution in [0.15, 0.2) is 48.8 Å². The fourth-order valence-corrected chi connectivity index (χ4v) is 2.09. The van der Waals surface area contributed by atoms with Crippen LogP contribution in [0.25, 0.3) is 0 Å². The largest absolute Gasteiger partial charge is 0.481 e. The number of carboxylic acids is 1. The number of nitrogens with zero attached hydrogens (tertiary/aromatic N) is 1. The number of halogens is 1. The summed E-state index contributed by atoms with van der Waals surface area (Å²) in [4.78, 5) is 27.1. The summed E-state index contributed by atoms with van der Waals surface area (Å²) < 4.78 is 0. The molecule has 108 valence electrons. The molecule has 5 nitrogen and oxygen atoms in total. The SMILES string of the molecule is O=C(NCC(C(=O)O)c1ccccc1)c1ccncc1Cl. The van der Waals surface area contributed by atoms with Crippen molar-refractivity contribution in [1.82, 2.24) is 10.3 Å². The van der Waals surface area contributed by atoms with Crippen LogP contribution >= 0.6 is 11.6 Å². The molecule has 21 heavy (non-hydrogen) atoms. The molecule has 6 heteroatoms. The van der Waals surface area contributed by atoms with Crippen molar-refractivity contribution in [2.24, 2.45) is 0 Å². The molecule has 0 aliphatic carbocycles. The second-order valence-electron chi connectivity index (χ2n) is 4.37. The van der Waals surface area contributed by atoms with Gasteiger partial charge in [0.2, 0.25) is 0 Å². The Morgan fingerprint density at radius 2 is 1.95 bits per heavy atom. The molecule has 0 spiro atoms. The minimum absolute atomic E-state index is 0.0170. The number of pyridine rings is 1. The molecule has 0 saturated heterocycles. The third-order valence-electron chi connectivity index (χ3n) is 2.98. The van der Waals surface area contributed by atoms with Crippen LogP contribution in [-0.2, 0) is 4.79 Å². The molecule has 2 rings (SSSR count). The predicted octanol–water partition coefficient (Wildman–Crippen LogP) is 2.33. The minimum atomic E-state index is -0.998. The van der Waals surface area contributed by atoms with Gasteiger partial charge in [-0.05, 0) is 11.6 Å². The second-order valence-corrected chi connectivity index (χ2v) is 4.77. The van der Waals surface area contributed by atoms with Gasteiger partial charge in [-0.1, -0.05) is 41.9 Å². The number of benzene rings is 1. The number of carbonyl (C=O) groups excluding carboxylic acids is 1. The fraction of sp³-hybridized carbons (Fsp3) is 0.133. The van der Waals surface area contributed by atoms with Gasteiger partial charge in [0.05, 0.1) is 16.5 Å². The van der Waals surface area contributed by atoms with Crippen LogP contribution < -0.4 is 5.32 Å². The first-order chi connectivity index (χ1) is 10.1. The van der Waals surface area contributed by atoms with Crippen molar-refractivity contribution >= 4 is 23.5 Å². The Morgan fingerprint density at radius 1 is 1.24 bits per heavy atom. The lowest BCUT2D eigenvalue weighted by atomic mass is 9.99. The Balaban J connectivity index is 2.08. The maximum absolute atomic E-state index is 12.0. The Bertz CT molecular complexity index is 646. The molecule has 0 aliphatic rings. The highest BCUT2D eigenvalue weighted by Gasteiger charge is 2.21. The Hall–Kier alpha value is -2.40. The first-order valence-electron chi connectivity index (χ1n) is 6.25. The van der Waals surface area contributed by atoms with Crippen LogP contribution in [0.3, 0.4) is 0 Å². The molecule has 0 radical (unpaired) electrons. The molecule has 0 saturated carbocycles. The van der Waals surface area contributed by atoms with Gasteiger partial charge in [0, 0.05) is 18.9 Å². The van der Waals surface area contributed by atoms with Crippen molar-refractivity contribution in [3.8, 4) is 0 Å². The van der Waals surface area contributed by atoms with Gasteiger partial charge in [-0.25, -0.2) is 0 Å². The van der Waals surface area contributed by atoms with Crippen molar-refractivity contribution in [2.75, 3.05) is 6.54 Å². The van der Waals surface area contributed by atoms with Gasteiger partial charge in [0.15, 0.2) is 0 Å². The lowest BCUT2D eigenvalue weighted by molar-refractivity contribution is -0.138. The number of hydrogen-bond acceptors (Lipinski definition) is 3. The molecular weight excluding hydrogens is 292 g/mol. The highest BCUT2D eigenvalue weighted by Crippen LogP contribution is 2.16. The standard InChI is InChI=1S/C15H13ClN2O3/c16-13-9-17-7-6-11(13)14(19)18-8-12(15(20)21)10-4-2-1-3-5-10/h1-7,9,12H,8H2,(H,18,19)(H,20,21). The summed E-state index contributed by atoms with van der Waals surface area (Å²) in [6.45, 7) is -0.0170. The molecule has 1 aromatic carbocycles. The highest BCUT2D eigenvalue weighted by atomic mass is 35.5. The van der Waals surface area contributed by atoms with E-state index < -0.39 is 17.8 Å². The number of rotatable bonds is 5. The van der Waals surface area contributed by atoms with Crippen molar-refractivity contribution in [3.63, 3.8) is 0 Å². The lowest BCUT2D eigenvalue weighted by Crippen LogP contribution is -2.31. The second kappa shape index (κ2) is 6.85. The number of amides is 1. The van der Waals surface area contributed by atoms with Gasteiger partial charge in [0.1, 0.15) is 0 Å². The van der Waals surface area contributed by atoms with E-state index in [0.29, 0.717) is 5.56 Å². The summed E-state index contributed by atoms with van der Waals surface area (Å²) in [7, 11) is 0. The van der Waals surface area contributed by atoms with Crippen LogP contribution in [0.1, 0.15) is 21.8 Å². The van der Waals surface area contributed by atoms with E-state index in [1.54, 1.807) is 30.3 Å². The molecule has 0 aliphatic heterocycles. The summed E-state index contributed by atoms with van der Waals surface area (Å²) in [5.41, 5.74) is 0.898. The Kier molecular flexibility index (Phi) is 4.90. The molecule has 1 aromatic heterocycles. The molecule has 2 N–H and O–H groups in total. The monoisotopic (exact) mass is 304 g/mol. The average Bonchev–Trinajstić information content (AvgIpc) is 2.48. The summed E-state index contributed by atoms with van der Waals surface area (Å²) >= 11 is 5.87. The lowest BCUT2D eigenvalue weighted by Gasteiger charge is -2.14. The molecule has 0 bridgehead atoms. The van der Waals surface area contributed by atoms with Crippen molar-refractivity contribution in [2.45, 2.75) is 5.92 Å². The molecule has 2 aromatic rings. The zero-order valence-corrected chi connectivity index (χ0v) is 11.7. The Labute approximate surface area is 126 Å². The van der Waals surface area contributed by atoms with Crippen LogP contribution in [0.5, 0.6) is 0 Å². The quantitative estimate of drug-likeness (QED) is 0.888. The van der Waals surface area contributed by atoms with Crippen LogP contribution in [0, 0.1) is 0 Å². The first-order valence-corrected chi connectivity index (χ1v) is 6.63. The van der Waals surface area contributed by atoms with Crippen molar-refractivity contribution < 1.29 is 14.7 Å². The molecule has 1 heterocycles. The van der Waals surface area contributed by atoms with Crippen LogP contribution in [-0.4, -0.2) is 28.5 Å². The van der Waals surface area contributed by atoms with E-state index in [9.17, 15) is 14.7 Å². The van der Waals surface area contributed by atoms with E-state index in [-0.39, 0.29) is 17.1 Å². The minimum Gasteiger partial charge on any atom is -0.481 e. The smallest absolute Gasteiger partial charge is 0.312 e. The zero-order chi connectivity index (χ0) is 15.2. The van der Waals surface area contributed by atoms with Gasteiger partial charge in [-0.3, -0.25) is 14.6 Å². The number of hydrogen-bond donors (Lipinski definition) is 2. The fourth-order valence-electron chi connectivity index (χ4n) is 1.88. The summed E-state index contributed by atoms with van der Waals surface area (Å²) in [5.74, 6) is -2.23. The van der Waals surface area contributed by atoms with Crippen molar-refractivity contribution in [3.05, 3.63) is 64.9 Å². The predicted molar refractivity (Wildman–Crippen MR) is 78.4 cm³/mol. The molecule has 1 unspecified atom stereocenters. The number of carboxylic acid groups (broad SMARTS) is 1. The Morgan fingerprint density at radius 3 is 2.57 bits per heavy atom. The normalized spacial score (nSPS) is 11.7. The van der Waals surface area contributed by atoms with E-state index in [1.165, 1.54) is 18.5 Å². The summed E-state index contributed by atoms with van der Waals surface area (Å²) in [6.07, 6.45) is 2.81. The highest BCUT2D eigenvalue weighted by molar-refractivity contribution is 6.33. The summed E-state index contributed by atoms with van der Waals surface area (Å²) in [6, 6.07) is 10.2.